The maximum atomic E-state index is 9.23. The molecule has 2 N–H and O–H groups in total. The number of aryl methyl sites for hydroxylation is 2. The minimum absolute atomic E-state index is 0.551. The van der Waals surface area contributed by atoms with Crippen LogP contribution in [-0.4, -0.2) is 24.6 Å². The highest BCUT2D eigenvalue weighted by molar-refractivity contribution is 5.62. The normalized spacial score (nSPS) is 19.4. The predicted octanol–water partition coefficient (Wildman–Crippen LogP) is 1.36. The maximum Gasteiger partial charge on any atom is 0.103 e. The molecule has 2 heterocycles. The lowest BCUT2D eigenvalue weighted by atomic mass is 10.1. The number of nitriles is 1. The van der Waals surface area contributed by atoms with Gasteiger partial charge in [-0.25, -0.2) is 0 Å². The van der Waals surface area contributed by atoms with Crippen molar-refractivity contribution < 1.29 is 0 Å². The van der Waals surface area contributed by atoms with E-state index < -0.39 is 0 Å². The summed E-state index contributed by atoms with van der Waals surface area (Å²) in [6.45, 7) is 6.52. The highest BCUT2D eigenvalue weighted by Crippen LogP contribution is 2.28. The molecule has 1 aliphatic rings. The fourth-order valence-corrected chi connectivity index (χ4v) is 2.44. The van der Waals surface area contributed by atoms with Crippen LogP contribution in [0.15, 0.2) is 6.07 Å². The molecular weight excluding hydrogens is 212 g/mol. The van der Waals surface area contributed by atoms with Gasteiger partial charge in [-0.05, 0) is 38.8 Å². The summed E-state index contributed by atoms with van der Waals surface area (Å²) in [7, 11) is 0. The first kappa shape index (κ1) is 11.9. The zero-order valence-electron chi connectivity index (χ0n) is 10.4. The van der Waals surface area contributed by atoms with Crippen molar-refractivity contribution in [3.63, 3.8) is 0 Å². The highest BCUT2D eigenvalue weighted by atomic mass is 15.2. The van der Waals surface area contributed by atoms with Gasteiger partial charge in [0, 0.05) is 18.8 Å². The number of hydrogen-bond acceptors (Lipinski definition) is 4. The summed E-state index contributed by atoms with van der Waals surface area (Å²) in [5, 5.41) is 9.23. The molecule has 1 aromatic rings. The number of anilines is 1. The van der Waals surface area contributed by atoms with Gasteiger partial charge < -0.3 is 10.6 Å². The summed E-state index contributed by atoms with van der Waals surface area (Å²) in [5.41, 5.74) is 9.21. The van der Waals surface area contributed by atoms with E-state index in [0.29, 0.717) is 11.5 Å². The zero-order valence-corrected chi connectivity index (χ0v) is 10.4. The quantitative estimate of drug-likeness (QED) is 0.833. The Morgan fingerprint density at radius 2 is 2.35 bits per heavy atom. The molecule has 0 radical (unpaired) electrons. The summed E-state index contributed by atoms with van der Waals surface area (Å²) >= 11 is 0. The van der Waals surface area contributed by atoms with E-state index in [-0.39, 0.29) is 0 Å². The molecule has 4 nitrogen and oxygen atoms in total. The fraction of sp³-hybridized carbons (Fsp3) is 0.538. The predicted molar refractivity (Wildman–Crippen MR) is 67.8 cm³/mol. The Morgan fingerprint density at radius 1 is 1.59 bits per heavy atom. The molecule has 2 rings (SSSR count). The van der Waals surface area contributed by atoms with Gasteiger partial charge in [0.25, 0.3) is 0 Å². The molecule has 1 fully saturated rings. The Hall–Kier alpha value is -1.60. The molecule has 90 valence electrons. The largest absolute Gasteiger partial charge is 0.370 e. The van der Waals surface area contributed by atoms with Crippen molar-refractivity contribution in [2.75, 3.05) is 24.5 Å². The van der Waals surface area contributed by atoms with Crippen molar-refractivity contribution >= 4 is 5.69 Å². The Balaban J connectivity index is 2.36. The van der Waals surface area contributed by atoms with Crippen LogP contribution in [-0.2, 0) is 0 Å². The Bertz CT molecular complexity index is 461. The third kappa shape index (κ3) is 2.25. The third-order valence-corrected chi connectivity index (χ3v) is 3.38. The second-order valence-corrected chi connectivity index (χ2v) is 4.69. The number of pyridine rings is 1. The van der Waals surface area contributed by atoms with Gasteiger partial charge in [0.1, 0.15) is 6.07 Å². The molecule has 0 aliphatic carbocycles. The van der Waals surface area contributed by atoms with E-state index >= 15 is 0 Å². The third-order valence-electron chi connectivity index (χ3n) is 3.38. The van der Waals surface area contributed by atoms with Crippen LogP contribution in [0.1, 0.15) is 23.4 Å². The molecule has 1 saturated heterocycles. The number of hydrogen-bond donors (Lipinski definition) is 1. The molecule has 0 saturated carbocycles. The van der Waals surface area contributed by atoms with Gasteiger partial charge in [-0.2, -0.15) is 5.26 Å². The molecule has 0 spiro atoms. The van der Waals surface area contributed by atoms with Crippen molar-refractivity contribution in [3.05, 3.63) is 23.0 Å². The molecule has 1 aromatic heterocycles. The van der Waals surface area contributed by atoms with Crippen LogP contribution in [0.3, 0.4) is 0 Å². The first-order valence-electron chi connectivity index (χ1n) is 5.99. The minimum Gasteiger partial charge on any atom is -0.370 e. The smallest absolute Gasteiger partial charge is 0.103 e. The van der Waals surface area contributed by atoms with Gasteiger partial charge >= 0.3 is 0 Å². The molecule has 1 atom stereocenters. The minimum atomic E-state index is 0.551. The van der Waals surface area contributed by atoms with Crippen LogP contribution >= 0.6 is 0 Å². The SMILES string of the molecule is Cc1cc(N2CCC(CN)C2)c(C#N)c(C)n1. The molecule has 1 aliphatic heterocycles. The molecule has 17 heavy (non-hydrogen) atoms. The van der Waals surface area contributed by atoms with Crippen molar-refractivity contribution in [2.24, 2.45) is 11.7 Å². The molecule has 0 bridgehead atoms. The average Bonchev–Trinajstić information content (AvgIpc) is 2.76. The van der Waals surface area contributed by atoms with Crippen molar-refractivity contribution in [2.45, 2.75) is 20.3 Å². The first-order valence-corrected chi connectivity index (χ1v) is 5.99. The second kappa shape index (κ2) is 4.72. The Kier molecular flexibility index (Phi) is 3.30. The molecule has 1 unspecified atom stereocenters. The van der Waals surface area contributed by atoms with Crippen molar-refractivity contribution in [1.29, 1.82) is 5.26 Å². The van der Waals surface area contributed by atoms with E-state index in [1.165, 1.54) is 0 Å². The van der Waals surface area contributed by atoms with E-state index in [0.717, 1.165) is 43.1 Å². The van der Waals surface area contributed by atoms with Gasteiger partial charge in [-0.1, -0.05) is 0 Å². The topological polar surface area (TPSA) is 65.9 Å². The summed E-state index contributed by atoms with van der Waals surface area (Å²) in [6.07, 6.45) is 1.11. The van der Waals surface area contributed by atoms with Crippen LogP contribution in [0.25, 0.3) is 0 Å². The van der Waals surface area contributed by atoms with E-state index in [1.54, 1.807) is 0 Å². The summed E-state index contributed by atoms with van der Waals surface area (Å²) in [4.78, 5) is 6.60. The molecular formula is C13H18N4. The summed E-state index contributed by atoms with van der Waals surface area (Å²) in [6, 6.07) is 4.27. The van der Waals surface area contributed by atoms with Gasteiger partial charge in [0.15, 0.2) is 0 Å². The van der Waals surface area contributed by atoms with Crippen LogP contribution in [0.2, 0.25) is 0 Å². The standard InChI is InChI=1S/C13H18N4/c1-9-5-13(12(7-15)10(2)16-9)17-4-3-11(6-14)8-17/h5,11H,3-4,6,8,14H2,1-2H3. The van der Waals surface area contributed by atoms with Crippen LogP contribution < -0.4 is 10.6 Å². The number of nitrogens with two attached hydrogens (primary N) is 1. The molecule has 0 aromatic carbocycles. The van der Waals surface area contributed by atoms with Gasteiger partial charge in [-0.15, -0.1) is 0 Å². The lowest BCUT2D eigenvalue weighted by Crippen LogP contribution is -2.24. The summed E-state index contributed by atoms with van der Waals surface area (Å²) < 4.78 is 0. The summed E-state index contributed by atoms with van der Waals surface area (Å²) in [5.74, 6) is 0.551. The lowest BCUT2D eigenvalue weighted by Gasteiger charge is -2.21. The maximum absolute atomic E-state index is 9.23. The zero-order chi connectivity index (χ0) is 12.4. The molecule has 0 amide bonds. The number of rotatable bonds is 2. The number of nitrogens with zero attached hydrogens (tertiary/aromatic N) is 3. The van der Waals surface area contributed by atoms with Crippen LogP contribution in [0, 0.1) is 31.1 Å². The van der Waals surface area contributed by atoms with Crippen LogP contribution in [0.4, 0.5) is 5.69 Å². The highest BCUT2D eigenvalue weighted by Gasteiger charge is 2.24. The lowest BCUT2D eigenvalue weighted by molar-refractivity contribution is 0.602. The van der Waals surface area contributed by atoms with Gasteiger partial charge in [0.2, 0.25) is 0 Å². The van der Waals surface area contributed by atoms with E-state index in [9.17, 15) is 5.26 Å². The fourth-order valence-electron chi connectivity index (χ4n) is 2.44. The Morgan fingerprint density at radius 3 is 2.94 bits per heavy atom. The van der Waals surface area contributed by atoms with Gasteiger partial charge in [-0.3, -0.25) is 4.98 Å². The van der Waals surface area contributed by atoms with E-state index in [2.05, 4.69) is 16.0 Å². The van der Waals surface area contributed by atoms with Gasteiger partial charge in [0.05, 0.1) is 16.9 Å². The number of aromatic nitrogens is 1. The van der Waals surface area contributed by atoms with Crippen LogP contribution in [0.5, 0.6) is 0 Å². The monoisotopic (exact) mass is 230 g/mol. The average molecular weight is 230 g/mol. The first-order chi connectivity index (χ1) is 8.15. The molecule has 4 heteroatoms. The van der Waals surface area contributed by atoms with Crippen molar-refractivity contribution in [1.82, 2.24) is 4.98 Å². The van der Waals surface area contributed by atoms with Crippen molar-refractivity contribution in [3.8, 4) is 6.07 Å². The Labute approximate surface area is 102 Å². The van der Waals surface area contributed by atoms with E-state index in [1.807, 2.05) is 19.9 Å². The second-order valence-electron chi connectivity index (χ2n) is 4.69. The van der Waals surface area contributed by atoms with E-state index in [4.69, 9.17) is 5.73 Å².